The van der Waals surface area contributed by atoms with E-state index >= 15 is 0 Å². The minimum atomic E-state index is 0.110. The fourth-order valence-corrected chi connectivity index (χ4v) is 2.28. The molecule has 1 atom stereocenters. The van der Waals surface area contributed by atoms with Gasteiger partial charge in [-0.1, -0.05) is 13.3 Å². The molecule has 1 aliphatic rings. The van der Waals surface area contributed by atoms with Crippen LogP contribution in [0.4, 0.5) is 0 Å². The number of carbonyl (C=O) groups excluding carboxylic acids is 1. The third-order valence-electron chi connectivity index (χ3n) is 3.71. The molecule has 1 saturated carbocycles. The zero-order valence-corrected chi connectivity index (χ0v) is 12.1. The van der Waals surface area contributed by atoms with E-state index in [-0.39, 0.29) is 11.9 Å². The summed E-state index contributed by atoms with van der Waals surface area (Å²) in [7, 11) is 1.74. The van der Waals surface area contributed by atoms with Gasteiger partial charge in [-0.25, -0.2) is 0 Å². The number of ether oxygens (including phenoxy) is 1. The van der Waals surface area contributed by atoms with Gasteiger partial charge in [0.1, 0.15) is 0 Å². The van der Waals surface area contributed by atoms with Crippen LogP contribution in [0.3, 0.4) is 0 Å². The Labute approximate surface area is 111 Å². The van der Waals surface area contributed by atoms with Gasteiger partial charge in [0, 0.05) is 26.3 Å². The SMILES string of the molecule is CCCC(C)NC(=O)CNCC1(CCOC)CC1. The third-order valence-corrected chi connectivity index (χ3v) is 3.71. The van der Waals surface area contributed by atoms with Gasteiger partial charge in [0.05, 0.1) is 6.54 Å². The topological polar surface area (TPSA) is 50.4 Å². The van der Waals surface area contributed by atoms with Crippen LogP contribution >= 0.6 is 0 Å². The van der Waals surface area contributed by atoms with E-state index < -0.39 is 0 Å². The number of carbonyl (C=O) groups is 1. The molecule has 0 spiro atoms. The molecule has 0 bridgehead atoms. The Bertz CT molecular complexity index is 252. The summed E-state index contributed by atoms with van der Waals surface area (Å²) in [4.78, 5) is 11.7. The van der Waals surface area contributed by atoms with E-state index in [1.54, 1.807) is 7.11 Å². The molecule has 0 aromatic heterocycles. The van der Waals surface area contributed by atoms with Gasteiger partial charge in [-0.05, 0) is 38.0 Å². The van der Waals surface area contributed by atoms with E-state index in [0.29, 0.717) is 12.0 Å². The Hall–Kier alpha value is -0.610. The molecule has 0 aromatic carbocycles. The maximum absolute atomic E-state index is 11.7. The first kappa shape index (κ1) is 15.4. The first-order valence-corrected chi connectivity index (χ1v) is 7.11. The maximum atomic E-state index is 11.7. The Balaban J connectivity index is 2.08. The number of hydrogen-bond donors (Lipinski definition) is 2. The van der Waals surface area contributed by atoms with Crippen LogP contribution in [-0.2, 0) is 9.53 Å². The summed E-state index contributed by atoms with van der Waals surface area (Å²) >= 11 is 0. The van der Waals surface area contributed by atoms with Crippen LogP contribution in [-0.4, -0.2) is 38.8 Å². The lowest BCUT2D eigenvalue weighted by Gasteiger charge is -2.16. The molecule has 0 aliphatic heterocycles. The summed E-state index contributed by atoms with van der Waals surface area (Å²) in [5, 5.41) is 6.28. The molecule has 106 valence electrons. The predicted octanol–water partition coefficient (Wildman–Crippen LogP) is 1.70. The van der Waals surface area contributed by atoms with Crippen molar-refractivity contribution in [2.75, 3.05) is 26.8 Å². The highest BCUT2D eigenvalue weighted by atomic mass is 16.5. The minimum Gasteiger partial charge on any atom is -0.385 e. The Morgan fingerprint density at radius 1 is 1.44 bits per heavy atom. The Kier molecular flexibility index (Phi) is 6.65. The van der Waals surface area contributed by atoms with Crippen molar-refractivity contribution < 1.29 is 9.53 Å². The van der Waals surface area contributed by atoms with Crippen molar-refractivity contribution in [3.63, 3.8) is 0 Å². The molecule has 2 N–H and O–H groups in total. The van der Waals surface area contributed by atoms with Crippen LogP contribution in [0.2, 0.25) is 0 Å². The fourth-order valence-electron chi connectivity index (χ4n) is 2.28. The lowest BCUT2D eigenvalue weighted by atomic mass is 10.0. The molecule has 1 fully saturated rings. The van der Waals surface area contributed by atoms with Gasteiger partial charge in [0.15, 0.2) is 0 Å². The van der Waals surface area contributed by atoms with Crippen LogP contribution in [0.25, 0.3) is 0 Å². The molecule has 1 amide bonds. The summed E-state index contributed by atoms with van der Waals surface area (Å²) in [6.45, 7) is 6.38. The van der Waals surface area contributed by atoms with Gasteiger partial charge in [0.25, 0.3) is 0 Å². The molecule has 4 nitrogen and oxygen atoms in total. The molecular weight excluding hydrogens is 228 g/mol. The first-order chi connectivity index (χ1) is 8.62. The second-order valence-corrected chi connectivity index (χ2v) is 5.60. The first-order valence-electron chi connectivity index (χ1n) is 7.11. The van der Waals surface area contributed by atoms with Crippen molar-refractivity contribution >= 4 is 5.91 Å². The molecule has 1 rings (SSSR count). The van der Waals surface area contributed by atoms with Crippen LogP contribution in [0.5, 0.6) is 0 Å². The van der Waals surface area contributed by atoms with Crippen molar-refractivity contribution in [3.05, 3.63) is 0 Å². The number of rotatable bonds is 10. The molecular formula is C14H28N2O2. The van der Waals surface area contributed by atoms with Gasteiger partial charge in [-0.2, -0.15) is 0 Å². The highest BCUT2D eigenvalue weighted by Gasteiger charge is 2.41. The molecule has 1 unspecified atom stereocenters. The summed E-state index contributed by atoms with van der Waals surface area (Å²) in [6, 6.07) is 0.285. The van der Waals surface area contributed by atoms with Crippen LogP contribution in [0, 0.1) is 5.41 Å². The normalized spacial score (nSPS) is 18.4. The molecule has 0 heterocycles. The van der Waals surface area contributed by atoms with Crippen molar-refractivity contribution in [2.45, 2.75) is 52.0 Å². The second kappa shape index (κ2) is 7.74. The average molecular weight is 256 g/mol. The van der Waals surface area contributed by atoms with Crippen LogP contribution in [0.1, 0.15) is 46.0 Å². The number of hydrogen-bond acceptors (Lipinski definition) is 3. The largest absolute Gasteiger partial charge is 0.385 e. The van der Waals surface area contributed by atoms with Gasteiger partial charge in [0.2, 0.25) is 5.91 Å². The number of nitrogens with one attached hydrogen (secondary N) is 2. The monoisotopic (exact) mass is 256 g/mol. The number of amides is 1. The van der Waals surface area contributed by atoms with Gasteiger partial charge in [-0.3, -0.25) is 4.79 Å². The van der Waals surface area contributed by atoms with E-state index in [4.69, 9.17) is 4.74 Å². The van der Waals surface area contributed by atoms with Crippen molar-refractivity contribution in [1.82, 2.24) is 10.6 Å². The fraction of sp³-hybridized carbons (Fsp3) is 0.929. The van der Waals surface area contributed by atoms with Crippen molar-refractivity contribution in [2.24, 2.45) is 5.41 Å². The van der Waals surface area contributed by atoms with Crippen molar-refractivity contribution in [1.29, 1.82) is 0 Å². The Morgan fingerprint density at radius 3 is 2.72 bits per heavy atom. The summed E-state index contributed by atoms with van der Waals surface area (Å²) < 4.78 is 5.12. The van der Waals surface area contributed by atoms with Crippen LogP contribution in [0.15, 0.2) is 0 Å². The standard InChI is InChI=1S/C14H28N2O2/c1-4-5-12(2)16-13(17)10-15-11-14(6-7-14)8-9-18-3/h12,15H,4-11H2,1-3H3,(H,16,17). The molecule has 0 radical (unpaired) electrons. The average Bonchev–Trinajstić information content (AvgIpc) is 3.07. The van der Waals surface area contributed by atoms with E-state index in [9.17, 15) is 4.79 Å². The molecule has 0 aromatic rings. The predicted molar refractivity (Wildman–Crippen MR) is 73.5 cm³/mol. The van der Waals surface area contributed by atoms with E-state index in [1.165, 1.54) is 12.8 Å². The summed E-state index contributed by atoms with van der Waals surface area (Å²) in [6.07, 6.45) is 5.78. The zero-order valence-electron chi connectivity index (χ0n) is 12.1. The summed E-state index contributed by atoms with van der Waals surface area (Å²) in [5.74, 6) is 0.110. The second-order valence-electron chi connectivity index (χ2n) is 5.60. The number of methoxy groups -OCH3 is 1. The van der Waals surface area contributed by atoms with Crippen molar-refractivity contribution in [3.8, 4) is 0 Å². The van der Waals surface area contributed by atoms with Gasteiger partial charge < -0.3 is 15.4 Å². The van der Waals surface area contributed by atoms with Gasteiger partial charge in [-0.15, -0.1) is 0 Å². The lowest BCUT2D eigenvalue weighted by molar-refractivity contribution is -0.120. The Morgan fingerprint density at radius 2 is 2.17 bits per heavy atom. The third kappa shape index (κ3) is 5.83. The zero-order chi connectivity index (χ0) is 13.4. The maximum Gasteiger partial charge on any atom is 0.234 e. The quantitative estimate of drug-likeness (QED) is 0.625. The van der Waals surface area contributed by atoms with E-state index in [1.807, 2.05) is 0 Å². The van der Waals surface area contributed by atoms with E-state index in [0.717, 1.165) is 32.4 Å². The molecule has 18 heavy (non-hydrogen) atoms. The minimum absolute atomic E-state index is 0.110. The highest BCUT2D eigenvalue weighted by molar-refractivity contribution is 5.78. The van der Waals surface area contributed by atoms with Crippen LogP contribution < -0.4 is 10.6 Å². The smallest absolute Gasteiger partial charge is 0.234 e. The molecule has 4 heteroatoms. The highest BCUT2D eigenvalue weighted by Crippen LogP contribution is 2.48. The van der Waals surface area contributed by atoms with Gasteiger partial charge >= 0.3 is 0 Å². The molecule has 0 saturated heterocycles. The lowest BCUT2D eigenvalue weighted by Crippen LogP contribution is -2.40. The summed E-state index contributed by atoms with van der Waals surface area (Å²) in [5.41, 5.74) is 0.408. The molecule has 1 aliphatic carbocycles. The van der Waals surface area contributed by atoms with E-state index in [2.05, 4.69) is 24.5 Å².